The molecule has 0 radical (unpaired) electrons. The van der Waals surface area contributed by atoms with Crippen LogP contribution >= 0.6 is 0 Å². The van der Waals surface area contributed by atoms with Crippen LogP contribution in [0, 0.1) is 5.92 Å². The maximum atomic E-state index is 11.8. The smallest absolute Gasteiger partial charge is 0.317 e. The van der Waals surface area contributed by atoms with Gasteiger partial charge in [0.2, 0.25) is 0 Å². The standard InChI is InChI=1S/C12H22N2O3/c1-5-6-14(9(2)3)12(17)13-8-10(4)7-11(15)16/h5,9-10H,1,6-8H2,2-4H3,(H,13,17)(H,15,16). The van der Waals surface area contributed by atoms with Crippen LogP contribution in [0.5, 0.6) is 0 Å². The zero-order valence-electron chi connectivity index (χ0n) is 10.8. The van der Waals surface area contributed by atoms with E-state index in [4.69, 9.17) is 5.11 Å². The van der Waals surface area contributed by atoms with E-state index in [2.05, 4.69) is 11.9 Å². The molecule has 0 aromatic heterocycles. The van der Waals surface area contributed by atoms with E-state index in [9.17, 15) is 9.59 Å². The maximum Gasteiger partial charge on any atom is 0.317 e. The van der Waals surface area contributed by atoms with Gasteiger partial charge in [0.05, 0.1) is 0 Å². The first-order chi connectivity index (χ1) is 7.88. The van der Waals surface area contributed by atoms with Gasteiger partial charge >= 0.3 is 12.0 Å². The van der Waals surface area contributed by atoms with Crippen molar-refractivity contribution in [1.29, 1.82) is 0 Å². The van der Waals surface area contributed by atoms with Crippen molar-refractivity contribution in [2.24, 2.45) is 5.92 Å². The Morgan fingerprint density at radius 1 is 1.41 bits per heavy atom. The Morgan fingerprint density at radius 2 is 2.00 bits per heavy atom. The van der Waals surface area contributed by atoms with Gasteiger partial charge in [-0.15, -0.1) is 6.58 Å². The van der Waals surface area contributed by atoms with E-state index >= 15 is 0 Å². The number of rotatable bonds is 7. The Kier molecular flexibility index (Phi) is 7.02. The zero-order valence-corrected chi connectivity index (χ0v) is 10.8. The second-order valence-corrected chi connectivity index (χ2v) is 4.42. The van der Waals surface area contributed by atoms with E-state index in [0.29, 0.717) is 13.1 Å². The second-order valence-electron chi connectivity index (χ2n) is 4.42. The first-order valence-electron chi connectivity index (χ1n) is 5.75. The third kappa shape index (κ3) is 6.60. The van der Waals surface area contributed by atoms with Crippen molar-refractivity contribution >= 4 is 12.0 Å². The van der Waals surface area contributed by atoms with Gasteiger partial charge in [-0.1, -0.05) is 13.0 Å². The van der Waals surface area contributed by atoms with Crippen molar-refractivity contribution in [3.63, 3.8) is 0 Å². The molecule has 0 aliphatic carbocycles. The summed E-state index contributed by atoms with van der Waals surface area (Å²) in [5.41, 5.74) is 0. The van der Waals surface area contributed by atoms with Crippen LogP contribution < -0.4 is 5.32 Å². The summed E-state index contributed by atoms with van der Waals surface area (Å²) in [5, 5.41) is 11.3. The molecule has 17 heavy (non-hydrogen) atoms. The van der Waals surface area contributed by atoms with Crippen molar-refractivity contribution in [1.82, 2.24) is 10.2 Å². The Bertz CT molecular complexity index is 277. The molecule has 0 saturated carbocycles. The van der Waals surface area contributed by atoms with E-state index in [0.717, 1.165) is 0 Å². The molecule has 0 aliphatic heterocycles. The average molecular weight is 242 g/mol. The molecule has 2 N–H and O–H groups in total. The number of nitrogens with zero attached hydrogens (tertiary/aromatic N) is 1. The molecule has 0 bridgehead atoms. The highest BCUT2D eigenvalue weighted by Gasteiger charge is 2.16. The fourth-order valence-electron chi connectivity index (χ4n) is 1.40. The molecule has 0 aromatic carbocycles. The van der Waals surface area contributed by atoms with Gasteiger partial charge in [0.15, 0.2) is 0 Å². The molecule has 1 atom stereocenters. The first-order valence-corrected chi connectivity index (χ1v) is 5.75. The molecule has 0 fully saturated rings. The largest absolute Gasteiger partial charge is 0.481 e. The lowest BCUT2D eigenvalue weighted by atomic mass is 10.1. The molecule has 98 valence electrons. The van der Waals surface area contributed by atoms with E-state index in [1.165, 1.54) is 0 Å². The fraction of sp³-hybridized carbons (Fsp3) is 0.667. The lowest BCUT2D eigenvalue weighted by Crippen LogP contribution is -2.45. The number of urea groups is 1. The lowest BCUT2D eigenvalue weighted by Gasteiger charge is -2.26. The van der Waals surface area contributed by atoms with Gasteiger partial charge in [0.25, 0.3) is 0 Å². The molecule has 0 aromatic rings. The minimum atomic E-state index is -0.849. The van der Waals surface area contributed by atoms with E-state index < -0.39 is 5.97 Å². The maximum absolute atomic E-state index is 11.8. The molecule has 5 heteroatoms. The third-order valence-electron chi connectivity index (χ3n) is 2.33. The monoisotopic (exact) mass is 242 g/mol. The molecule has 0 rings (SSSR count). The SMILES string of the molecule is C=CCN(C(=O)NCC(C)CC(=O)O)C(C)C. The van der Waals surface area contributed by atoms with Crippen molar-refractivity contribution in [3.05, 3.63) is 12.7 Å². The van der Waals surface area contributed by atoms with E-state index in [-0.39, 0.29) is 24.4 Å². The van der Waals surface area contributed by atoms with Gasteiger partial charge in [0, 0.05) is 25.6 Å². The number of carboxylic acid groups (broad SMARTS) is 1. The highest BCUT2D eigenvalue weighted by atomic mass is 16.4. The molecular weight excluding hydrogens is 220 g/mol. The van der Waals surface area contributed by atoms with Crippen molar-refractivity contribution < 1.29 is 14.7 Å². The van der Waals surface area contributed by atoms with E-state index in [1.54, 1.807) is 17.9 Å². The molecule has 2 amide bonds. The third-order valence-corrected chi connectivity index (χ3v) is 2.33. The number of aliphatic carboxylic acids is 1. The van der Waals surface area contributed by atoms with Gasteiger partial charge in [0.1, 0.15) is 0 Å². The van der Waals surface area contributed by atoms with Crippen LogP contribution in [-0.4, -0.2) is 41.1 Å². The average Bonchev–Trinajstić information content (AvgIpc) is 2.21. The molecule has 0 spiro atoms. The Balaban J connectivity index is 4.13. The molecule has 0 heterocycles. The number of hydrogen-bond donors (Lipinski definition) is 2. The van der Waals surface area contributed by atoms with Gasteiger partial charge < -0.3 is 15.3 Å². The summed E-state index contributed by atoms with van der Waals surface area (Å²) < 4.78 is 0. The quantitative estimate of drug-likeness (QED) is 0.668. The Morgan fingerprint density at radius 3 is 2.41 bits per heavy atom. The van der Waals surface area contributed by atoms with Gasteiger partial charge in [-0.2, -0.15) is 0 Å². The van der Waals surface area contributed by atoms with Gasteiger partial charge in [-0.3, -0.25) is 4.79 Å². The fourth-order valence-corrected chi connectivity index (χ4v) is 1.40. The first kappa shape index (κ1) is 15.5. The predicted octanol–water partition coefficient (Wildman–Crippen LogP) is 1.70. The number of nitrogens with one attached hydrogen (secondary N) is 1. The topological polar surface area (TPSA) is 69.6 Å². The Labute approximate surface area is 102 Å². The summed E-state index contributed by atoms with van der Waals surface area (Å²) >= 11 is 0. The number of carbonyl (C=O) groups is 2. The van der Waals surface area contributed by atoms with E-state index in [1.807, 2.05) is 13.8 Å². The van der Waals surface area contributed by atoms with Crippen LogP contribution in [0.25, 0.3) is 0 Å². The molecular formula is C12H22N2O3. The summed E-state index contributed by atoms with van der Waals surface area (Å²) in [6, 6.07) is -0.0973. The highest BCUT2D eigenvalue weighted by molar-refractivity contribution is 5.74. The second kappa shape index (κ2) is 7.70. The number of amides is 2. The number of carboxylic acids is 1. The summed E-state index contributed by atoms with van der Waals surface area (Å²) in [7, 11) is 0. The normalized spacial score (nSPS) is 12.0. The van der Waals surface area contributed by atoms with Crippen LogP contribution in [0.1, 0.15) is 27.2 Å². The van der Waals surface area contributed by atoms with Crippen LogP contribution in [-0.2, 0) is 4.79 Å². The number of hydrogen-bond acceptors (Lipinski definition) is 2. The lowest BCUT2D eigenvalue weighted by molar-refractivity contribution is -0.137. The van der Waals surface area contributed by atoms with Crippen molar-refractivity contribution in [2.45, 2.75) is 33.2 Å². The minimum absolute atomic E-state index is 0.0589. The summed E-state index contributed by atoms with van der Waals surface area (Å²) in [4.78, 5) is 23.9. The van der Waals surface area contributed by atoms with Crippen LogP contribution in [0.15, 0.2) is 12.7 Å². The zero-order chi connectivity index (χ0) is 13.4. The van der Waals surface area contributed by atoms with Gasteiger partial charge in [-0.25, -0.2) is 4.79 Å². The van der Waals surface area contributed by atoms with Crippen molar-refractivity contribution in [3.8, 4) is 0 Å². The summed E-state index contributed by atoms with van der Waals surface area (Å²) in [5.74, 6) is -0.923. The van der Waals surface area contributed by atoms with Crippen LogP contribution in [0.4, 0.5) is 4.79 Å². The van der Waals surface area contributed by atoms with Crippen LogP contribution in [0.2, 0.25) is 0 Å². The summed E-state index contributed by atoms with van der Waals surface area (Å²) in [6.07, 6.45) is 1.73. The van der Waals surface area contributed by atoms with Crippen LogP contribution in [0.3, 0.4) is 0 Å². The molecule has 0 aliphatic rings. The Hall–Kier alpha value is -1.52. The summed E-state index contributed by atoms with van der Waals surface area (Å²) in [6.45, 7) is 10.1. The predicted molar refractivity (Wildman–Crippen MR) is 66.9 cm³/mol. The molecule has 1 unspecified atom stereocenters. The van der Waals surface area contributed by atoms with Crippen molar-refractivity contribution in [2.75, 3.05) is 13.1 Å². The van der Waals surface area contributed by atoms with Gasteiger partial charge in [-0.05, 0) is 19.8 Å². The molecule has 5 nitrogen and oxygen atoms in total. The minimum Gasteiger partial charge on any atom is -0.481 e. The number of carbonyl (C=O) groups excluding carboxylic acids is 1. The molecule has 0 saturated heterocycles. The highest BCUT2D eigenvalue weighted by Crippen LogP contribution is 2.02.